The van der Waals surface area contributed by atoms with Crippen molar-refractivity contribution in [1.82, 2.24) is 0 Å². The molecule has 1 aromatic rings. The number of rotatable bonds is 1. The maximum absolute atomic E-state index is 6.07. The zero-order chi connectivity index (χ0) is 12.6. The predicted molar refractivity (Wildman–Crippen MR) is 77.5 cm³/mol. The molecule has 1 aromatic carbocycles. The molecule has 0 aromatic heterocycles. The van der Waals surface area contributed by atoms with Crippen molar-refractivity contribution >= 4 is 21.6 Å². The van der Waals surface area contributed by atoms with E-state index in [1.165, 1.54) is 15.7 Å². The quantitative estimate of drug-likeness (QED) is 0.860. The van der Waals surface area contributed by atoms with Crippen molar-refractivity contribution in [1.29, 1.82) is 0 Å². The smallest absolute Gasteiger partial charge is 0.0374 e. The summed E-state index contributed by atoms with van der Waals surface area (Å²) < 4.78 is 1.17. The lowest BCUT2D eigenvalue weighted by Gasteiger charge is -2.46. The molecule has 0 spiro atoms. The lowest BCUT2D eigenvalue weighted by molar-refractivity contribution is 0.327. The van der Waals surface area contributed by atoms with E-state index in [0.717, 1.165) is 19.4 Å². The number of nitrogens with two attached hydrogens (primary N) is 1. The van der Waals surface area contributed by atoms with Gasteiger partial charge in [0.1, 0.15) is 0 Å². The first-order chi connectivity index (χ1) is 7.90. The Morgan fingerprint density at radius 1 is 1.41 bits per heavy atom. The van der Waals surface area contributed by atoms with Crippen molar-refractivity contribution in [3.05, 3.63) is 28.2 Å². The van der Waals surface area contributed by atoms with Gasteiger partial charge in [0.25, 0.3) is 0 Å². The summed E-state index contributed by atoms with van der Waals surface area (Å²) in [5, 5.41) is 0. The summed E-state index contributed by atoms with van der Waals surface area (Å²) in [4.78, 5) is 2.48. The lowest BCUT2D eigenvalue weighted by Crippen LogP contribution is -2.53. The molecule has 1 atom stereocenters. The first-order valence-corrected chi connectivity index (χ1v) is 6.99. The Kier molecular flexibility index (Phi) is 3.50. The minimum absolute atomic E-state index is 0.151. The Balaban J connectivity index is 2.29. The molecule has 1 saturated heterocycles. The summed E-state index contributed by atoms with van der Waals surface area (Å²) in [6.07, 6.45) is 2.14. The normalized spacial score (nSPS) is 23.8. The summed E-state index contributed by atoms with van der Waals surface area (Å²) >= 11 is 3.55. The molecule has 0 aliphatic carbocycles. The molecule has 0 saturated carbocycles. The van der Waals surface area contributed by atoms with Crippen LogP contribution in [0.2, 0.25) is 0 Å². The molecule has 1 heterocycles. The standard InChI is InChI=1S/C14H21BrN2/c1-10-8-12(4-5-13(10)15)17-7-6-11(16)9-14(17,2)3/h4-5,8,11H,6-7,9,16H2,1-3H3. The van der Waals surface area contributed by atoms with Crippen molar-refractivity contribution in [2.75, 3.05) is 11.4 Å². The molecule has 2 N–H and O–H groups in total. The second kappa shape index (κ2) is 4.62. The average molecular weight is 297 g/mol. The van der Waals surface area contributed by atoms with Gasteiger partial charge < -0.3 is 10.6 Å². The Hall–Kier alpha value is -0.540. The van der Waals surface area contributed by atoms with Gasteiger partial charge in [-0.25, -0.2) is 0 Å². The highest BCUT2D eigenvalue weighted by atomic mass is 79.9. The van der Waals surface area contributed by atoms with Crippen molar-refractivity contribution in [2.45, 2.75) is 45.2 Å². The largest absolute Gasteiger partial charge is 0.366 e. The lowest BCUT2D eigenvalue weighted by atomic mass is 9.87. The predicted octanol–water partition coefficient (Wildman–Crippen LogP) is 3.46. The highest BCUT2D eigenvalue weighted by Crippen LogP contribution is 2.33. The molecule has 1 aliphatic heterocycles. The monoisotopic (exact) mass is 296 g/mol. The Bertz CT molecular complexity index is 415. The molecule has 0 amide bonds. The average Bonchev–Trinajstić information content (AvgIpc) is 2.21. The molecule has 2 nitrogen and oxygen atoms in total. The third kappa shape index (κ3) is 2.66. The summed E-state index contributed by atoms with van der Waals surface area (Å²) in [5.74, 6) is 0. The molecule has 2 rings (SSSR count). The van der Waals surface area contributed by atoms with Crippen molar-refractivity contribution in [2.24, 2.45) is 5.73 Å². The van der Waals surface area contributed by atoms with Gasteiger partial charge in [-0.05, 0) is 57.4 Å². The van der Waals surface area contributed by atoms with Gasteiger partial charge in [-0.1, -0.05) is 15.9 Å². The van der Waals surface area contributed by atoms with Crippen LogP contribution in [0, 0.1) is 6.92 Å². The zero-order valence-corrected chi connectivity index (χ0v) is 12.4. The van der Waals surface area contributed by atoms with Crippen LogP contribution in [0.5, 0.6) is 0 Å². The van der Waals surface area contributed by atoms with E-state index >= 15 is 0 Å². The summed E-state index contributed by atoms with van der Waals surface area (Å²) in [6, 6.07) is 6.92. The maximum atomic E-state index is 6.07. The third-order valence-corrected chi connectivity index (χ3v) is 4.56. The van der Waals surface area contributed by atoms with Crippen LogP contribution in [0.1, 0.15) is 32.3 Å². The number of piperidine rings is 1. The van der Waals surface area contributed by atoms with Crippen molar-refractivity contribution in [3.63, 3.8) is 0 Å². The van der Waals surface area contributed by atoms with Gasteiger partial charge in [-0.15, -0.1) is 0 Å². The SMILES string of the molecule is Cc1cc(N2CCC(N)CC2(C)C)ccc1Br. The van der Waals surface area contributed by atoms with E-state index in [2.05, 4.69) is 59.8 Å². The van der Waals surface area contributed by atoms with Crippen LogP contribution in [0.4, 0.5) is 5.69 Å². The fourth-order valence-corrected chi connectivity index (χ4v) is 2.97. The topological polar surface area (TPSA) is 29.3 Å². The van der Waals surface area contributed by atoms with Gasteiger partial charge in [0.2, 0.25) is 0 Å². The number of aryl methyl sites for hydroxylation is 1. The van der Waals surface area contributed by atoms with Crippen LogP contribution < -0.4 is 10.6 Å². The van der Waals surface area contributed by atoms with E-state index in [0.29, 0.717) is 6.04 Å². The van der Waals surface area contributed by atoms with Crippen LogP contribution in [-0.2, 0) is 0 Å². The van der Waals surface area contributed by atoms with Crippen LogP contribution in [-0.4, -0.2) is 18.1 Å². The minimum Gasteiger partial charge on any atom is -0.366 e. The fraction of sp³-hybridized carbons (Fsp3) is 0.571. The molecule has 17 heavy (non-hydrogen) atoms. The Morgan fingerprint density at radius 3 is 2.71 bits per heavy atom. The van der Waals surface area contributed by atoms with E-state index in [1.807, 2.05) is 0 Å². The van der Waals surface area contributed by atoms with E-state index in [4.69, 9.17) is 5.73 Å². The fourth-order valence-electron chi connectivity index (χ4n) is 2.73. The van der Waals surface area contributed by atoms with Crippen LogP contribution in [0.15, 0.2) is 22.7 Å². The first kappa shape index (κ1) is 12.9. The third-order valence-electron chi connectivity index (χ3n) is 3.67. The highest BCUT2D eigenvalue weighted by Gasteiger charge is 2.33. The number of halogens is 1. The molecular formula is C14H21BrN2. The summed E-state index contributed by atoms with van der Waals surface area (Å²) in [5.41, 5.74) is 8.81. The molecule has 3 heteroatoms. The van der Waals surface area contributed by atoms with E-state index in [-0.39, 0.29) is 5.54 Å². The van der Waals surface area contributed by atoms with E-state index < -0.39 is 0 Å². The summed E-state index contributed by atoms with van der Waals surface area (Å²) in [6.45, 7) is 7.75. The highest BCUT2D eigenvalue weighted by molar-refractivity contribution is 9.10. The molecule has 94 valence electrons. The number of anilines is 1. The molecule has 1 aliphatic rings. The Labute approximate surface area is 112 Å². The number of hydrogen-bond donors (Lipinski definition) is 1. The molecule has 1 unspecified atom stereocenters. The Morgan fingerprint density at radius 2 is 2.12 bits per heavy atom. The zero-order valence-electron chi connectivity index (χ0n) is 10.8. The number of nitrogens with zero attached hydrogens (tertiary/aromatic N) is 1. The van der Waals surface area contributed by atoms with Gasteiger partial charge in [-0.2, -0.15) is 0 Å². The number of hydrogen-bond acceptors (Lipinski definition) is 2. The van der Waals surface area contributed by atoms with Crippen LogP contribution >= 0.6 is 15.9 Å². The van der Waals surface area contributed by atoms with Crippen molar-refractivity contribution < 1.29 is 0 Å². The second-order valence-electron chi connectivity index (χ2n) is 5.65. The van der Waals surface area contributed by atoms with Gasteiger partial charge >= 0.3 is 0 Å². The first-order valence-electron chi connectivity index (χ1n) is 6.19. The van der Waals surface area contributed by atoms with E-state index in [9.17, 15) is 0 Å². The molecule has 0 bridgehead atoms. The van der Waals surface area contributed by atoms with Gasteiger partial charge in [0.05, 0.1) is 0 Å². The van der Waals surface area contributed by atoms with Gasteiger partial charge in [0, 0.05) is 28.3 Å². The van der Waals surface area contributed by atoms with E-state index in [1.54, 1.807) is 0 Å². The second-order valence-corrected chi connectivity index (χ2v) is 6.50. The van der Waals surface area contributed by atoms with Gasteiger partial charge in [-0.3, -0.25) is 0 Å². The molecule has 1 fully saturated rings. The van der Waals surface area contributed by atoms with Crippen LogP contribution in [0.25, 0.3) is 0 Å². The number of benzene rings is 1. The molecule has 0 radical (unpaired) electrons. The maximum Gasteiger partial charge on any atom is 0.0374 e. The molecular weight excluding hydrogens is 276 g/mol. The van der Waals surface area contributed by atoms with Crippen LogP contribution in [0.3, 0.4) is 0 Å². The van der Waals surface area contributed by atoms with Gasteiger partial charge in [0.15, 0.2) is 0 Å². The summed E-state index contributed by atoms with van der Waals surface area (Å²) in [7, 11) is 0. The van der Waals surface area contributed by atoms with Crippen molar-refractivity contribution in [3.8, 4) is 0 Å². The minimum atomic E-state index is 0.151.